The second kappa shape index (κ2) is 16.9. The second-order valence-electron chi connectivity index (χ2n) is 11.8. The first-order valence-electron chi connectivity index (χ1n) is 16.1. The lowest BCUT2D eigenvalue weighted by atomic mass is 9.98. The molecule has 2 unspecified atom stereocenters. The molecule has 252 valence electrons. The minimum atomic E-state index is -3.59. The summed E-state index contributed by atoms with van der Waals surface area (Å²) in [7, 11) is -4.07. The van der Waals surface area contributed by atoms with Gasteiger partial charge in [0, 0.05) is 12.6 Å². The van der Waals surface area contributed by atoms with Gasteiger partial charge in [0.15, 0.2) is 8.32 Å². The van der Waals surface area contributed by atoms with Gasteiger partial charge in [0.25, 0.3) is 0 Å². The number of benzene rings is 4. The number of methoxy groups -OCH3 is 1. The van der Waals surface area contributed by atoms with Gasteiger partial charge in [0.1, 0.15) is 23.9 Å². The molecule has 10 heteroatoms. The molecule has 7 nitrogen and oxygen atoms in total. The first-order valence-corrected chi connectivity index (χ1v) is 20.6. The predicted octanol–water partition coefficient (Wildman–Crippen LogP) is 8.42. The topological polar surface area (TPSA) is 85.9 Å². The zero-order chi connectivity index (χ0) is 33.9. The van der Waals surface area contributed by atoms with E-state index in [4.69, 9.17) is 13.9 Å². The van der Waals surface area contributed by atoms with E-state index in [2.05, 4.69) is 30.8 Å². The SMILES string of the molecule is CC[Si](CC)(CC)OC(CNC(Cc1ccc(F)cc1)c1ccc(OC)cc1)c1ccc(OCc2ccccc2)c(NS(C)(=O)=O)c1. The summed E-state index contributed by atoms with van der Waals surface area (Å²) in [6.07, 6.45) is 1.40. The number of nitrogens with one attached hydrogen (secondary N) is 2. The smallest absolute Gasteiger partial charge is 0.229 e. The van der Waals surface area contributed by atoms with E-state index >= 15 is 0 Å². The maximum Gasteiger partial charge on any atom is 0.229 e. The molecule has 0 aliphatic rings. The molecule has 0 amide bonds. The molecule has 2 atom stereocenters. The summed E-state index contributed by atoms with van der Waals surface area (Å²) in [6, 6.07) is 32.6. The van der Waals surface area contributed by atoms with Gasteiger partial charge in [-0.2, -0.15) is 0 Å². The Hall–Kier alpha value is -3.70. The lowest BCUT2D eigenvalue weighted by molar-refractivity contribution is 0.181. The molecule has 0 heterocycles. The molecule has 0 fully saturated rings. The first-order chi connectivity index (χ1) is 22.6. The Bertz CT molecular complexity index is 1640. The number of hydrogen-bond acceptors (Lipinski definition) is 6. The number of sulfonamides is 1. The average Bonchev–Trinajstić information content (AvgIpc) is 3.08. The number of ether oxygens (including phenoxy) is 2. The molecular weight excluding hydrogens is 632 g/mol. The van der Waals surface area contributed by atoms with Gasteiger partial charge in [-0.05, 0) is 83.2 Å². The fourth-order valence-corrected chi connectivity index (χ4v) is 9.05. The van der Waals surface area contributed by atoms with Crippen molar-refractivity contribution in [3.8, 4) is 11.5 Å². The lowest BCUT2D eigenvalue weighted by Gasteiger charge is -2.35. The van der Waals surface area contributed by atoms with Gasteiger partial charge in [-0.15, -0.1) is 0 Å². The molecule has 0 radical (unpaired) electrons. The first kappa shape index (κ1) is 36.1. The molecule has 4 aromatic carbocycles. The van der Waals surface area contributed by atoms with Gasteiger partial charge in [0.2, 0.25) is 10.0 Å². The lowest BCUT2D eigenvalue weighted by Crippen LogP contribution is -2.40. The molecule has 4 rings (SSSR count). The van der Waals surface area contributed by atoms with E-state index in [0.29, 0.717) is 31.0 Å². The zero-order valence-corrected chi connectivity index (χ0v) is 29.8. The van der Waals surface area contributed by atoms with E-state index in [1.807, 2.05) is 84.9 Å². The Morgan fingerprint density at radius 1 is 0.809 bits per heavy atom. The number of hydrogen-bond donors (Lipinski definition) is 2. The summed E-state index contributed by atoms with van der Waals surface area (Å²) in [5.41, 5.74) is 4.24. The third kappa shape index (κ3) is 10.7. The maximum atomic E-state index is 13.7. The summed E-state index contributed by atoms with van der Waals surface area (Å²) in [6.45, 7) is 7.33. The normalized spacial score (nSPS) is 13.1. The Balaban J connectivity index is 1.69. The minimum absolute atomic E-state index is 0.111. The summed E-state index contributed by atoms with van der Waals surface area (Å²) in [4.78, 5) is 0. The van der Waals surface area contributed by atoms with Crippen LogP contribution >= 0.6 is 0 Å². The summed E-state index contributed by atoms with van der Waals surface area (Å²) >= 11 is 0. The summed E-state index contributed by atoms with van der Waals surface area (Å²) in [5, 5.41) is 3.75. The molecule has 0 aliphatic carbocycles. The number of anilines is 1. The minimum Gasteiger partial charge on any atom is -0.497 e. The fourth-order valence-electron chi connectivity index (χ4n) is 5.67. The quantitative estimate of drug-likeness (QED) is 0.103. The average molecular weight is 679 g/mol. The molecule has 4 aromatic rings. The van der Waals surface area contributed by atoms with Crippen LogP contribution in [-0.2, 0) is 27.5 Å². The Kier molecular flexibility index (Phi) is 13.0. The molecule has 0 aromatic heterocycles. The van der Waals surface area contributed by atoms with Crippen LogP contribution in [0.25, 0.3) is 0 Å². The van der Waals surface area contributed by atoms with Gasteiger partial charge in [-0.1, -0.05) is 81.4 Å². The van der Waals surface area contributed by atoms with Crippen LogP contribution < -0.4 is 19.5 Å². The van der Waals surface area contributed by atoms with Crippen molar-refractivity contribution < 1.29 is 26.7 Å². The molecule has 0 aliphatic heterocycles. The van der Waals surface area contributed by atoms with Crippen molar-refractivity contribution in [2.24, 2.45) is 0 Å². The highest BCUT2D eigenvalue weighted by Crippen LogP contribution is 2.35. The van der Waals surface area contributed by atoms with Crippen molar-refractivity contribution in [1.29, 1.82) is 0 Å². The van der Waals surface area contributed by atoms with Crippen LogP contribution in [0.1, 0.15) is 55.2 Å². The molecule has 2 N–H and O–H groups in total. The van der Waals surface area contributed by atoms with Gasteiger partial charge in [-0.25, -0.2) is 12.8 Å². The van der Waals surface area contributed by atoms with Crippen molar-refractivity contribution in [3.63, 3.8) is 0 Å². The molecule has 0 spiro atoms. The van der Waals surface area contributed by atoms with Crippen LogP contribution in [-0.4, -0.2) is 36.6 Å². The molecule has 0 saturated heterocycles. The van der Waals surface area contributed by atoms with E-state index in [0.717, 1.165) is 52.4 Å². The van der Waals surface area contributed by atoms with Crippen molar-refractivity contribution in [3.05, 3.63) is 125 Å². The van der Waals surface area contributed by atoms with Crippen LogP contribution in [0.4, 0.5) is 10.1 Å². The van der Waals surface area contributed by atoms with Gasteiger partial charge in [-0.3, -0.25) is 4.72 Å². The Morgan fingerprint density at radius 3 is 2.04 bits per heavy atom. The van der Waals surface area contributed by atoms with Crippen LogP contribution in [0.2, 0.25) is 18.1 Å². The third-order valence-electron chi connectivity index (χ3n) is 8.65. The molecular formula is C37H47FN2O5SSi. The third-order valence-corrected chi connectivity index (χ3v) is 13.9. The fraction of sp³-hybridized carbons (Fsp3) is 0.351. The van der Waals surface area contributed by atoms with Gasteiger partial charge in [0.05, 0.1) is 25.2 Å². The highest BCUT2D eigenvalue weighted by molar-refractivity contribution is 7.92. The summed E-state index contributed by atoms with van der Waals surface area (Å²) in [5.74, 6) is 0.929. The highest BCUT2D eigenvalue weighted by Gasteiger charge is 2.33. The van der Waals surface area contributed by atoms with Crippen LogP contribution in [0.5, 0.6) is 11.5 Å². The monoisotopic (exact) mass is 678 g/mol. The molecule has 0 saturated carbocycles. The largest absolute Gasteiger partial charge is 0.497 e. The van der Waals surface area contributed by atoms with Crippen molar-refractivity contribution in [1.82, 2.24) is 5.32 Å². The summed E-state index contributed by atoms with van der Waals surface area (Å²) < 4.78 is 59.9. The van der Waals surface area contributed by atoms with Gasteiger partial charge >= 0.3 is 0 Å². The van der Waals surface area contributed by atoms with E-state index in [-0.39, 0.29) is 18.0 Å². The highest BCUT2D eigenvalue weighted by atomic mass is 32.2. The molecule has 47 heavy (non-hydrogen) atoms. The number of halogens is 1. The standard InChI is InChI=1S/C37H47FN2O5SSi/c1-6-47(7-2,8-3)45-37(26-39-34(24-28-14-19-32(38)20-15-28)30-16-21-33(43-4)22-17-30)31-18-23-36(35(25-31)40-46(5,41)42)44-27-29-12-10-9-11-13-29/h9-23,25,34,37,39-40H,6-8,24,26-27H2,1-5H3. The van der Waals surface area contributed by atoms with Crippen LogP contribution in [0, 0.1) is 5.82 Å². The van der Waals surface area contributed by atoms with Crippen molar-refractivity contribution in [2.45, 2.75) is 64.1 Å². The van der Waals surface area contributed by atoms with Gasteiger partial charge < -0.3 is 19.2 Å². The van der Waals surface area contributed by atoms with E-state index < -0.39 is 18.3 Å². The van der Waals surface area contributed by atoms with Crippen LogP contribution in [0.3, 0.4) is 0 Å². The zero-order valence-electron chi connectivity index (χ0n) is 28.0. The van der Waals surface area contributed by atoms with Crippen molar-refractivity contribution in [2.75, 3.05) is 24.6 Å². The van der Waals surface area contributed by atoms with Crippen LogP contribution in [0.15, 0.2) is 97.1 Å². The maximum absolute atomic E-state index is 13.7. The second-order valence-corrected chi connectivity index (χ2v) is 18.3. The Morgan fingerprint density at radius 2 is 1.45 bits per heavy atom. The van der Waals surface area contributed by atoms with E-state index in [1.165, 1.54) is 12.1 Å². The Labute approximate surface area is 280 Å². The van der Waals surface area contributed by atoms with E-state index in [1.54, 1.807) is 7.11 Å². The van der Waals surface area contributed by atoms with Crippen molar-refractivity contribution >= 4 is 24.0 Å². The van der Waals surface area contributed by atoms with E-state index in [9.17, 15) is 12.8 Å². The predicted molar refractivity (Wildman–Crippen MR) is 191 cm³/mol. The number of rotatable bonds is 18. The molecule has 0 bridgehead atoms.